The van der Waals surface area contributed by atoms with Crippen molar-refractivity contribution in [2.24, 2.45) is 50.2 Å². The average Bonchev–Trinajstić information content (AvgIpc) is 2.78. The van der Waals surface area contributed by atoms with E-state index in [9.17, 15) is 19.5 Å². The van der Waals surface area contributed by atoms with E-state index in [1.165, 1.54) is 12.5 Å². The van der Waals surface area contributed by atoms with Gasteiger partial charge in [-0.1, -0.05) is 47.1 Å². The summed E-state index contributed by atoms with van der Waals surface area (Å²) in [6.45, 7) is 17.4. The lowest BCUT2D eigenvalue weighted by Crippen LogP contribution is -2.66. The standard InChI is InChI=1S/C32H48O5/c1-19(33)37-24-10-11-30(6)23(27(24,2)3)9-12-32(8)25(30)22(34)17-20-21-18-29(5,26(35)36)14-13-28(21,4)15-16-31(20,32)7/h17,21,23-25H,9-16,18H2,1-8H3,(H,35,36)/t21-,23-,24-,25-,28-,29+,30+,31+,32-/m1/s1. The van der Waals surface area contributed by atoms with E-state index in [1.54, 1.807) is 0 Å². The SMILES string of the molecule is CC(=O)O[C@@H]1CC[C@@]2(C)[C@H](CC[C@]3(C)[C@@H]2C(=O)C=C2[C@H]4C[C@@](C)(C(=O)O)CC[C@]4(C)CC[C@@]23C)C1(C)C. The van der Waals surface area contributed by atoms with Gasteiger partial charge in [0.1, 0.15) is 6.10 Å². The number of fused-ring (bicyclic) bond motifs is 7. The van der Waals surface area contributed by atoms with Crippen LogP contribution in [-0.2, 0) is 19.1 Å². The molecule has 5 aliphatic rings. The Morgan fingerprint density at radius 3 is 2.19 bits per heavy atom. The second-order valence-electron chi connectivity index (χ2n) is 15.5. The molecule has 0 saturated heterocycles. The summed E-state index contributed by atoms with van der Waals surface area (Å²) in [5, 5.41) is 10.1. The van der Waals surface area contributed by atoms with Crippen LogP contribution in [0.5, 0.6) is 0 Å². The molecule has 5 aliphatic carbocycles. The van der Waals surface area contributed by atoms with Gasteiger partial charge in [0.15, 0.2) is 5.78 Å². The van der Waals surface area contributed by atoms with Gasteiger partial charge in [0.05, 0.1) is 5.41 Å². The lowest BCUT2D eigenvalue weighted by molar-refractivity contribution is -0.210. The molecule has 1 N–H and O–H groups in total. The number of aliphatic carboxylic acids is 1. The van der Waals surface area contributed by atoms with Gasteiger partial charge in [-0.15, -0.1) is 0 Å². The number of carboxylic acid groups (broad SMARTS) is 1. The van der Waals surface area contributed by atoms with Gasteiger partial charge in [-0.3, -0.25) is 14.4 Å². The topological polar surface area (TPSA) is 80.7 Å². The van der Waals surface area contributed by atoms with Gasteiger partial charge in [-0.2, -0.15) is 0 Å². The van der Waals surface area contributed by atoms with Gasteiger partial charge in [0, 0.05) is 18.3 Å². The Kier molecular flexibility index (Phi) is 5.78. The third kappa shape index (κ3) is 3.43. The molecule has 9 atom stereocenters. The number of esters is 1. The lowest BCUT2D eigenvalue weighted by Gasteiger charge is -2.70. The highest BCUT2D eigenvalue weighted by Crippen LogP contribution is 2.75. The smallest absolute Gasteiger partial charge is 0.309 e. The molecule has 4 saturated carbocycles. The fourth-order valence-corrected chi connectivity index (χ4v) is 10.8. The first kappa shape index (κ1) is 26.9. The van der Waals surface area contributed by atoms with E-state index in [0.717, 1.165) is 44.9 Å². The molecule has 206 valence electrons. The maximum Gasteiger partial charge on any atom is 0.309 e. The van der Waals surface area contributed by atoms with Crippen LogP contribution in [0, 0.1) is 50.2 Å². The van der Waals surface area contributed by atoms with Crippen LogP contribution in [0.25, 0.3) is 0 Å². The van der Waals surface area contributed by atoms with Crippen molar-refractivity contribution in [2.75, 3.05) is 0 Å². The minimum atomic E-state index is -0.729. The van der Waals surface area contributed by atoms with Crippen molar-refractivity contribution in [1.29, 1.82) is 0 Å². The molecule has 0 aliphatic heterocycles. The molecule has 0 spiro atoms. The molecule has 37 heavy (non-hydrogen) atoms. The molecule has 0 amide bonds. The zero-order chi connectivity index (χ0) is 27.4. The Hall–Kier alpha value is -1.65. The maximum absolute atomic E-state index is 14.4. The van der Waals surface area contributed by atoms with Crippen molar-refractivity contribution in [3.8, 4) is 0 Å². The van der Waals surface area contributed by atoms with Crippen molar-refractivity contribution < 1.29 is 24.2 Å². The summed E-state index contributed by atoms with van der Waals surface area (Å²) in [4.78, 5) is 38.5. The van der Waals surface area contributed by atoms with Crippen molar-refractivity contribution >= 4 is 17.7 Å². The van der Waals surface area contributed by atoms with Gasteiger partial charge in [0.25, 0.3) is 0 Å². The maximum atomic E-state index is 14.4. The minimum absolute atomic E-state index is 0.0644. The Balaban J connectivity index is 1.58. The van der Waals surface area contributed by atoms with Crippen molar-refractivity contribution in [3.05, 3.63) is 11.6 Å². The predicted octanol–water partition coefficient (Wildman–Crippen LogP) is 6.98. The van der Waals surface area contributed by atoms with E-state index < -0.39 is 11.4 Å². The summed E-state index contributed by atoms with van der Waals surface area (Å²) in [7, 11) is 0. The van der Waals surface area contributed by atoms with Crippen molar-refractivity contribution in [2.45, 2.75) is 119 Å². The summed E-state index contributed by atoms with van der Waals surface area (Å²) in [6.07, 6.45) is 10.0. The van der Waals surface area contributed by atoms with Crippen molar-refractivity contribution in [3.63, 3.8) is 0 Å². The number of hydrogen-bond donors (Lipinski definition) is 1. The summed E-state index contributed by atoms with van der Waals surface area (Å²) in [5.74, 6) is -0.280. The Morgan fingerprint density at radius 1 is 0.919 bits per heavy atom. The van der Waals surface area contributed by atoms with E-state index in [4.69, 9.17) is 4.74 Å². The van der Waals surface area contributed by atoms with E-state index in [1.807, 2.05) is 13.0 Å². The van der Waals surface area contributed by atoms with Crippen LogP contribution in [0.1, 0.15) is 113 Å². The van der Waals surface area contributed by atoms with Crippen LogP contribution in [0.15, 0.2) is 11.6 Å². The van der Waals surface area contributed by atoms with Crippen LogP contribution in [0.4, 0.5) is 0 Å². The number of ketones is 1. The highest BCUT2D eigenvalue weighted by atomic mass is 16.5. The third-order valence-electron chi connectivity index (χ3n) is 13.3. The number of carbonyl (C=O) groups is 3. The van der Waals surface area contributed by atoms with Crippen LogP contribution < -0.4 is 0 Å². The Morgan fingerprint density at radius 2 is 1.57 bits per heavy atom. The number of hydrogen-bond acceptors (Lipinski definition) is 4. The minimum Gasteiger partial charge on any atom is -0.481 e. The molecule has 5 nitrogen and oxygen atoms in total. The summed E-state index contributed by atoms with van der Waals surface area (Å²) < 4.78 is 5.82. The first-order chi connectivity index (χ1) is 16.9. The monoisotopic (exact) mass is 512 g/mol. The van der Waals surface area contributed by atoms with Gasteiger partial charge in [0.2, 0.25) is 0 Å². The summed E-state index contributed by atoms with van der Waals surface area (Å²) >= 11 is 0. The number of rotatable bonds is 2. The first-order valence-electron chi connectivity index (χ1n) is 14.6. The fourth-order valence-electron chi connectivity index (χ4n) is 10.8. The van der Waals surface area contributed by atoms with E-state index in [-0.39, 0.29) is 56.8 Å². The molecule has 4 fully saturated rings. The number of carbonyl (C=O) groups excluding carboxylic acids is 2. The Bertz CT molecular complexity index is 1070. The van der Waals surface area contributed by atoms with Crippen molar-refractivity contribution in [1.82, 2.24) is 0 Å². The number of allylic oxidation sites excluding steroid dienone is 2. The highest BCUT2D eigenvalue weighted by molar-refractivity contribution is 5.95. The quantitative estimate of drug-likeness (QED) is 0.404. The molecule has 0 aromatic heterocycles. The van der Waals surface area contributed by atoms with Gasteiger partial charge in [-0.25, -0.2) is 0 Å². The van der Waals surface area contributed by atoms with E-state index in [0.29, 0.717) is 18.8 Å². The fraction of sp³-hybridized carbons (Fsp3) is 0.844. The van der Waals surface area contributed by atoms with E-state index in [2.05, 4.69) is 41.5 Å². The highest BCUT2D eigenvalue weighted by Gasteiger charge is 2.70. The molecule has 0 aromatic carbocycles. The molecule has 0 heterocycles. The van der Waals surface area contributed by atoms with Crippen LogP contribution >= 0.6 is 0 Å². The molecular weight excluding hydrogens is 464 g/mol. The van der Waals surface area contributed by atoms with Gasteiger partial charge in [-0.05, 0) is 104 Å². The largest absolute Gasteiger partial charge is 0.481 e. The lowest BCUT2D eigenvalue weighted by atomic mass is 9.33. The Labute approximate surface area is 223 Å². The third-order valence-corrected chi connectivity index (χ3v) is 13.3. The molecular formula is C32H48O5. The molecule has 0 aromatic rings. The summed E-state index contributed by atoms with van der Waals surface area (Å²) in [6, 6.07) is 0. The number of carboxylic acids is 1. The molecule has 0 unspecified atom stereocenters. The second kappa shape index (κ2) is 7.94. The molecule has 0 bridgehead atoms. The zero-order valence-electron chi connectivity index (χ0n) is 24.3. The van der Waals surface area contributed by atoms with Gasteiger partial charge < -0.3 is 9.84 Å². The van der Waals surface area contributed by atoms with Crippen LogP contribution in [0.3, 0.4) is 0 Å². The zero-order valence-corrected chi connectivity index (χ0v) is 24.3. The molecule has 0 radical (unpaired) electrons. The molecule has 5 heteroatoms. The van der Waals surface area contributed by atoms with E-state index >= 15 is 0 Å². The predicted molar refractivity (Wildman–Crippen MR) is 143 cm³/mol. The molecule has 5 rings (SSSR count). The average molecular weight is 513 g/mol. The normalized spacial score (nSPS) is 50.5. The van der Waals surface area contributed by atoms with Crippen LogP contribution in [0.2, 0.25) is 0 Å². The summed E-state index contributed by atoms with van der Waals surface area (Å²) in [5.41, 5.74) is -0.0327. The number of ether oxygens (including phenoxy) is 1. The second-order valence-corrected chi connectivity index (χ2v) is 15.5. The van der Waals surface area contributed by atoms with Gasteiger partial charge >= 0.3 is 11.9 Å². The van der Waals surface area contributed by atoms with Crippen LogP contribution in [-0.4, -0.2) is 28.9 Å². The first-order valence-corrected chi connectivity index (χ1v) is 14.6.